The molecule has 0 aliphatic heterocycles. The number of carboxylic acid groups (broad SMARTS) is 1. The van der Waals surface area contributed by atoms with Crippen molar-refractivity contribution in [2.75, 3.05) is 13.7 Å². The van der Waals surface area contributed by atoms with Gasteiger partial charge in [0.15, 0.2) is 11.5 Å². The number of aromatic hydroxyl groups is 1. The molecule has 0 aliphatic carbocycles. The van der Waals surface area contributed by atoms with Gasteiger partial charge in [-0.05, 0) is 6.07 Å². The predicted molar refractivity (Wildman–Crippen MR) is 64.6 cm³/mol. The van der Waals surface area contributed by atoms with E-state index in [0.717, 1.165) is 18.3 Å². The third-order valence-corrected chi connectivity index (χ3v) is 2.88. The number of nitrogens with zero attached hydrogens (tertiary/aromatic N) is 1. The fourth-order valence-corrected chi connectivity index (χ4v) is 1.76. The number of phenolic OH excluding ortho intramolecular Hbond substituents is 1. The number of hydrogen-bond donors (Lipinski definition) is 3. The number of phenols is 1. The Morgan fingerprint density at radius 1 is 1.47 bits per heavy atom. The first-order chi connectivity index (χ1) is 8.75. The summed E-state index contributed by atoms with van der Waals surface area (Å²) in [4.78, 5) is 13.3. The maximum Gasteiger partial charge on any atom is 0.325 e. The van der Waals surface area contributed by atoms with Gasteiger partial charge in [-0.3, -0.25) is 14.3 Å². The molecular formula is C10H11NO7S. The van der Waals surface area contributed by atoms with Crippen LogP contribution in [0, 0.1) is 0 Å². The van der Waals surface area contributed by atoms with Gasteiger partial charge in [0.1, 0.15) is 6.54 Å². The van der Waals surface area contributed by atoms with Crippen molar-refractivity contribution in [1.82, 2.24) is 0 Å². The Morgan fingerprint density at radius 2 is 2.11 bits per heavy atom. The first-order valence-corrected chi connectivity index (χ1v) is 6.30. The summed E-state index contributed by atoms with van der Waals surface area (Å²) in [6.45, 7) is -0.544. The number of hydrogen-bond acceptors (Lipinski definition) is 6. The lowest BCUT2D eigenvalue weighted by Gasteiger charge is -2.08. The van der Waals surface area contributed by atoms with E-state index in [2.05, 4.69) is 4.99 Å². The van der Waals surface area contributed by atoms with Gasteiger partial charge in [-0.1, -0.05) is 0 Å². The summed E-state index contributed by atoms with van der Waals surface area (Å²) < 4.78 is 35.7. The Morgan fingerprint density at radius 3 is 2.58 bits per heavy atom. The standard InChI is InChI=1S/C10H11NO7S/c1-18-8-3-7(19(15,16)17)2-6(10(8)14)4-11-5-9(12)13/h2-4,14H,5H2,1H3,(H,12,13)(H,15,16,17). The Hall–Kier alpha value is -2.13. The molecule has 0 bridgehead atoms. The first kappa shape index (κ1) is 14.9. The minimum Gasteiger partial charge on any atom is -0.504 e. The van der Waals surface area contributed by atoms with Crippen molar-refractivity contribution in [3.05, 3.63) is 17.7 Å². The summed E-state index contributed by atoms with van der Waals surface area (Å²) in [6.07, 6.45) is 0.973. The summed E-state index contributed by atoms with van der Waals surface area (Å²) in [5.41, 5.74) is -0.0896. The second-order valence-corrected chi connectivity index (χ2v) is 4.82. The van der Waals surface area contributed by atoms with E-state index < -0.39 is 33.3 Å². The Balaban J connectivity index is 3.30. The van der Waals surface area contributed by atoms with E-state index in [1.54, 1.807) is 0 Å². The summed E-state index contributed by atoms with van der Waals surface area (Å²) in [5, 5.41) is 18.1. The van der Waals surface area contributed by atoms with Crippen LogP contribution < -0.4 is 4.74 Å². The van der Waals surface area contributed by atoms with Crippen LogP contribution in [0.2, 0.25) is 0 Å². The molecule has 8 nitrogen and oxygen atoms in total. The zero-order valence-corrected chi connectivity index (χ0v) is 10.6. The molecule has 0 fully saturated rings. The molecule has 0 aliphatic rings. The number of aliphatic imine (C=N–C) groups is 1. The second kappa shape index (κ2) is 5.67. The van der Waals surface area contributed by atoms with Crippen LogP contribution in [-0.4, -0.2) is 49.0 Å². The van der Waals surface area contributed by atoms with Crippen molar-refractivity contribution in [3.63, 3.8) is 0 Å². The average Bonchev–Trinajstić information content (AvgIpc) is 2.29. The highest BCUT2D eigenvalue weighted by molar-refractivity contribution is 7.85. The largest absolute Gasteiger partial charge is 0.504 e. The van der Waals surface area contributed by atoms with Crippen molar-refractivity contribution in [2.24, 2.45) is 4.99 Å². The Labute approximate surface area is 108 Å². The number of methoxy groups -OCH3 is 1. The molecule has 1 aromatic rings. The van der Waals surface area contributed by atoms with Gasteiger partial charge in [-0.15, -0.1) is 0 Å². The molecule has 0 heterocycles. The fourth-order valence-electron chi connectivity index (χ4n) is 1.23. The van der Waals surface area contributed by atoms with Crippen LogP contribution in [0.5, 0.6) is 11.5 Å². The van der Waals surface area contributed by atoms with E-state index in [9.17, 15) is 18.3 Å². The van der Waals surface area contributed by atoms with Gasteiger partial charge >= 0.3 is 5.97 Å². The van der Waals surface area contributed by atoms with Gasteiger partial charge in [0.2, 0.25) is 0 Å². The molecule has 9 heteroatoms. The van der Waals surface area contributed by atoms with Gasteiger partial charge in [-0.25, -0.2) is 0 Å². The SMILES string of the molecule is COc1cc(S(=O)(=O)O)cc(C=NCC(=O)O)c1O. The van der Waals surface area contributed by atoms with Crippen molar-refractivity contribution in [3.8, 4) is 11.5 Å². The fraction of sp³-hybridized carbons (Fsp3) is 0.200. The van der Waals surface area contributed by atoms with Crippen LogP contribution >= 0.6 is 0 Å². The molecule has 1 aromatic carbocycles. The number of carboxylic acids is 1. The lowest BCUT2D eigenvalue weighted by atomic mass is 10.2. The quantitative estimate of drug-likeness (QED) is 0.519. The van der Waals surface area contributed by atoms with E-state index in [4.69, 9.17) is 14.4 Å². The lowest BCUT2D eigenvalue weighted by Crippen LogP contribution is -2.02. The van der Waals surface area contributed by atoms with E-state index >= 15 is 0 Å². The second-order valence-electron chi connectivity index (χ2n) is 3.40. The Bertz CT molecular complexity index is 621. The predicted octanol–water partition coefficient (Wildman–Crippen LogP) is 0.151. The number of ether oxygens (including phenoxy) is 1. The minimum absolute atomic E-state index is 0.0896. The molecule has 1 rings (SSSR count). The molecule has 19 heavy (non-hydrogen) atoms. The topological polar surface area (TPSA) is 133 Å². The van der Waals surface area contributed by atoms with Gasteiger partial charge in [0, 0.05) is 17.8 Å². The summed E-state index contributed by atoms with van der Waals surface area (Å²) in [5.74, 6) is -1.79. The molecule has 0 unspecified atom stereocenters. The van der Waals surface area contributed by atoms with Gasteiger partial charge in [0.05, 0.1) is 12.0 Å². The van der Waals surface area contributed by atoms with Gasteiger partial charge < -0.3 is 14.9 Å². The lowest BCUT2D eigenvalue weighted by molar-refractivity contribution is -0.135. The smallest absolute Gasteiger partial charge is 0.325 e. The first-order valence-electron chi connectivity index (χ1n) is 4.86. The number of rotatable bonds is 5. The maximum atomic E-state index is 11.0. The highest BCUT2D eigenvalue weighted by Gasteiger charge is 2.16. The third kappa shape index (κ3) is 3.93. The molecule has 0 radical (unpaired) electrons. The molecule has 3 N–H and O–H groups in total. The average molecular weight is 289 g/mol. The molecule has 0 spiro atoms. The highest BCUT2D eigenvalue weighted by Crippen LogP contribution is 2.32. The van der Waals surface area contributed by atoms with Crippen LogP contribution in [-0.2, 0) is 14.9 Å². The molecule has 0 atom stereocenters. The molecule has 0 aromatic heterocycles. The van der Waals surface area contributed by atoms with E-state index in [1.807, 2.05) is 0 Å². The van der Waals surface area contributed by atoms with E-state index in [-0.39, 0.29) is 11.3 Å². The highest BCUT2D eigenvalue weighted by atomic mass is 32.2. The number of aliphatic carboxylic acids is 1. The normalized spacial score (nSPS) is 11.7. The van der Waals surface area contributed by atoms with Gasteiger partial charge in [-0.2, -0.15) is 8.42 Å². The minimum atomic E-state index is -4.49. The van der Waals surface area contributed by atoms with Crippen LogP contribution in [0.3, 0.4) is 0 Å². The van der Waals surface area contributed by atoms with Crippen LogP contribution in [0.15, 0.2) is 22.0 Å². The molecule has 0 saturated carbocycles. The van der Waals surface area contributed by atoms with Crippen LogP contribution in [0.25, 0.3) is 0 Å². The molecule has 0 saturated heterocycles. The molecule has 0 amide bonds. The summed E-state index contributed by atoms with van der Waals surface area (Å²) in [6, 6.07) is 1.87. The number of benzene rings is 1. The van der Waals surface area contributed by atoms with Crippen LogP contribution in [0.4, 0.5) is 0 Å². The van der Waals surface area contributed by atoms with E-state index in [0.29, 0.717) is 0 Å². The van der Waals surface area contributed by atoms with Gasteiger partial charge in [0.25, 0.3) is 10.1 Å². The number of carbonyl (C=O) groups is 1. The zero-order valence-electron chi connectivity index (χ0n) is 9.77. The monoisotopic (exact) mass is 289 g/mol. The van der Waals surface area contributed by atoms with Crippen molar-refractivity contribution in [1.29, 1.82) is 0 Å². The van der Waals surface area contributed by atoms with Crippen LogP contribution in [0.1, 0.15) is 5.56 Å². The maximum absolute atomic E-state index is 11.0. The zero-order chi connectivity index (χ0) is 14.6. The Kier molecular flexibility index (Phi) is 4.46. The van der Waals surface area contributed by atoms with Crippen molar-refractivity contribution < 1.29 is 32.7 Å². The molecule has 104 valence electrons. The van der Waals surface area contributed by atoms with Crippen molar-refractivity contribution in [2.45, 2.75) is 4.90 Å². The van der Waals surface area contributed by atoms with E-state index in [1.165, 1.54) is 7.11 Å². The third-order valence-electron chi connectivity index (χ3n) is 2.05. The summed E-state index contributed by atoms with van der Waals surface area (Å²) in [7, 11) is -3.29. The summed E-state index contributed by atoms with van der Waals surface area (Å²) >= 11 is 0. The van der Waals surface area contributed by atoms with Crippen molar-refractivity contribution >= 4 is 22.3 Å². The molecular weight excluding hydrogens is 278 g/mol.